The molecule has 0 saturated carbocycles. The summed E-state index contributed by atoms with van der Waals surface area (Å²) in [4.78, 5) is 24.2. The summed E-state index contributed by atoms with van der Waals surface area (Å²) in [6.07, 6.45) is 0. The van der Waals surface area contributed by atoms with Crippen molar-refractivity contribution in [3.05, 3.63) is 67.3 Å². The highest BCUT2D eigenvalue weighted by Crippen LogP contribution is 2.24. The van der Waals surface area contributed by atoms with Gasteiger partial charge >= 0.3 is 5.69 Å². The van der Waals surface area contributed by atoms with Crippen molar-refractivity contribution in [2.45, 2.75) is 6.54 Å². The monoisotopic (exact) mass is 308 g/mol. The molecule has 1 heterocycles. The van der Waals surface area contributed by atoms with E-state index in [1.165, 1.54) is 24.3 Å². The van der Waals surface area contributed by atoms with E-state index in [9.17, 15) is 20.2 Å². The molecule has 0 amide bonds. The summed E-state index contributed by atoms with van der Waals surface area (Å²) >= 11 is 5.71. The first kappa shape index (κ1) is 14.7. The van der Waals surface area contributed by atoms with E-state index in [-0.39, 0.29) is 28.9 Å². The predicted octanol–water partition coefficient (Wildman–Crippen LogP) is 3.16. The molecule has 0 aliphatic carbocycles. The van der Waals surface area contributed by atoms with Gasteiger partial charge in [-0.15, -0.1) is 0 Å². The third-order valence-electron chi connectivity index (χ3n) is 2.64. The van der Waals surface area contributed by atoms with E-state index < -0.39 is 9.85 Å². The lowest BCUT2D eigenvalue weighted by Gasteiger charge is -2.06. The maximum atomic E-state index is 10.9. The predicted molar refractivity (Wildman–Crippen MR) is 76.3 cm³/mol. The molecule has 0 bridgehead atoms. The molecule has 108 valence electrons. The van der Waals surface area contributed by atoms with Gasteiger partial charge in [0.25, 0.3) is 5.69 Å². The number of rotatable bonds is 5. The van der Waals surface area contributed by atoms with Crippen molar-refractivity contribution in [2.24, 2.45) is 0 Å². The molecule has 9 heteroatoms. The van der Waals surface area contributed by atoms with Gasteiger partial charge in [0.2, 0.25) is 5.82 Å². The van der Waals surface area contributed by atoms with Gasteiger partial charge in [-0.25, -0.2) is 4.98 Å². The molecule has 0 atom stereocenters. The Morgan fingerprint density at radius 2 is 1.71 bits per heavy atom. The van der Waals surface area contributed by atoms with Crippen LogP contribution in [0.2, 0.25) is 5.15 Å². The van der Waals surface area contributed by atoms with Crippen molar-refractivity contribution in [1.29, 1.82) is 0 Å². The number of benzene rings is 1. The summed E-state index contributed by atoms with van der Waals surface area (Å²) < 4.78 is 0. The standard InChI is InChI=1S/C12H9ClN4O4/c13-11-6-5-10(17(20)21)12(15-11)14-7-8-1-3-9(4-2-8)16(18)19/h1-6H,7H2,(H,14,15). The Morgan fingerprint density at radius 1 is 1.05 bits per heavy atom. The van der Waals surface area contributed by atoms with E-state index in [2.05, 4.69) is 10.3 Å². The zero-order valence-corrected chi connectivity index (χ0v) is 11.3. The summed E-state index contributed by atoms with van der Waals surface area (Å²) in [5.41, 5.74) is 0.503. The van der Waals surface area contributed by atoms with Crippen molar-refractivity contribution >= 4 is 28.8 Å². The van der Waals surface area contributed by atoms with Crippen LogP contribution < -0.4 is 5.32 Å². The van der Waals surface area contributed by atoms with Gasteiger partial charge in [-0.1, -0.05) is 23.7 Å². The number of aromatic nitrogens is 1. The quantitative estimate of drug-likeness (QED) is 0.516. The molecule has 2 rings (SSSR count). The lowest BCUT2D eigenvalue weighted by Crippen LogP contribution is -2.05. The average molecular weight is 309 g/mol. The molecule has 1 N–H and O–H groups in total. The Kier molecular flexibility index (Phi) is 4.29. The van der Waals surface area contributed by atoms with Gasteiger partial charge in [0.15, 0.2) is 0 Å². The molecule has 0 aliphatic rings. The van der Waals surface area contributed by atoms with E-state index in [1.807, 2.05) is 0 Å². The fraction of sp³-hybridized carbons (Fsp3) is 0.0833. The van der Waals surface area contributed by atoms with Gasteiger partial charge in [0.1, 0.15) is 5.15 Å². The molecule has 1 aromatic carbocycles. The number of halogens is 1. The molecule has 0 unspecified atom stereocenters. The normalized spacial score (nSPS) is 10.1. The molecule has 8 nitrogen and oxygen atoms in total. The minimum absolute atomic E-state index is 0.0226. The zero-order chi connectivity index (χ0) is 15.4. The molecule has 0 fully saturated rings. The van der Waals surface area contributed by atoms with Crippen LogP contribution in [-0.4, -0.2) is 14.8 Å². The van der Waals surface area contributed by atoms with Crippen molar-refractivity contribution in [2.75, 3.05) is 5.32 Å². The van der Waals surface area contributed by atoms with E-state index in [4.69, 9.17) is 11.6 Å². The smallest absolute Gasteiger partial charge is 0.311 e. The fourth-order valence-corrected chi connectivity index (χ4v) is 1.77. The number of hydrogen-bond acceptors (Lipinski definition) is 6. The SMILES string of the molecule is O=[N+]([O-])c1ccc(CNc2nc(Cl)ccc2[N+](=O)[O-])cc1. The first-order valence-electron chi connectivity index (χ1n) is 5.75. The Hall–Kier alpha value is -2.74. The van der Waals surface area contributed by atoms with Crippen LogP contribution in [0, 0.1) is 20.2 Å². The molecule has 0 spiro atoms. The highest BCUT2D eigenvalue weighted by molar-refractivity contribution is 6.29. The number of pyridine rings is 1. The van der Waals surface area contributed by atoms with Crippen molar-refractivity contribution in [3.63, 3.8) is 0 Å². The summed E-state index contributed by atoms with van der Waals surface area (Å²) in [5, 5.41) is 24.3. The zero-order valence-electron chi connectivity index (χ0n) is 10.5. The van der Waals surface area contributed by atoms with Gasteiger partial charge in [-0.3, -0.25) is 20.2 Å². The summed E-state index contributed by atoms with van der Waals surface area (Å²) in [6.45, 7) is 0.228. The summed E-state index contributed by atoms with van der Waals surface area (Å²) in [5.74, 6) is 0.0471. The molecule has 0 aliphatic heterocycles. The Bertz CT molecular complexity index is 690. The van der Waals surface area contributed by atoms with E-state index in [1.54, 1.807) is 12.1 Å². The second kappa shape index (κ2) is 6.14. The van der Waals surface area contributed by atoms with Crippen molar-refractivity contribution < 1.29 is 9.85 Å². The van der Waals surface area contributed by atoms with E-state index in [0.29, 0.717) is 0 Å². The van der Waals surface area contributed by atoms with Crippen molar-refractivity contribution in [1.82, 2.24) is 4.98 Å². The average Bonchev–Trinajstić information content (AvgIpc) is 2.45. The maximum absolute atomic E-state index is 10.9. The maximum Gasteiger partial charge on any atom is 0.311 e. The lowest BCUT2D eigenvalue weighted by molar-refractivity contribution is -0.384. The summed E-state index contributed by atoms with van der Waals surface area (Å²) in [7, 11) is 0. The number of hydrogen-bond donors (Lipinski definition) is 1. The van der Waals surface area contributed by atoms with Gasteiger partial charge in [-0.05, 0) is 11.6 Å². The van der Waals surface area contributed by atoms with Crippen LogP contribution in [0.15, 0.2) is 36.4 Å². The Morgan fingerprint density at radius 3 is 2.29 bits per heavy atom. The van der Waals surface area contributed by atoms with Crippen LogP contribution >= 0.6 is 11.6 Å². The largest absolute Gasteiger partial charge is 0.360 e. The highest BCUT2D eigenvalue weighted by atomic mass is 35.5. The number of nitrogens with zero attached hydrogens (tertiary/aromatic N) is 3. The Balaban J connectivity index is 2.14. The topological polar surface area (TPSA) is 111 Å². The third kappa shape index (κ3) is 3.63. The van der Waals surface area contributed by atoms with E-state index in [0.717, 1.165) is 5.56 Å². The molecular weight excluding hydrogens is 300 g/mol. The van der Waals surface area contributed by atoms with Crippen LogP contribution in [0.4, 0.5) is 17.2 Å². The van der Waals surface area contributed by atoms with Crippen LogP contribution in [-0.2, 0) is 6.54 Å². The van der Waals surface area contributed by atoms with Crippen LogP contribution in [0.1, 0.15) is 5.56 Å². The van der Waals surface area contributed by atoms with Crippen LogP contribution in [0.3, 0.4) is 0 Å². The van der Waals surface area contributed by atoms with Crippen LogP contribution in [0.25, 0.3) is 0 Å². The first-order chi connectivity index (χ1) is 9.97. The third-order valence-corrected chi connectivity index (χ3v) is 2.85. The van der Waals surface area contributed by atoms with Gasteiger partial charge in [-0.2, -0.15) is 0 Å². The summed E-state index contributed by atoms with van der Waals surface area (Å²) in [6, 6.07) is 8.42. The van der Waals surface area contributed by atoms with Gasteiger partial charge in [0.05, 0.1) is 9.85 Å². The Labute approximate surface area is 123 Å². The lowest BCUT2D eigenvalue weighted by atomic mass is 10.2. The minimum atomic E-state index is -0.568. The highest BCUT2D eigenvalue weighted by Gasteiger charge is 2.15. The van der Waals surface area contributed by atoms with Crippen molar-refractivity contribution in [3.8, 4) is 0 Å². The second-order valence-corrected chi connectivity index (χ2v) is 4.42. The second-order valence-electron chi connectivity index (χ2n) is 4.04. The number of nitro groups is 2. The first-order valence-corrected chi connectivity index (χ1v) is 6.13. The fourth-order valence-electron chi connectivity index (χ4n) is 1.63. The molecule has 21 heavy (non-hydrogen) atoms. The number of nitro benzene ring substituents is 1. The molecular formula is C12H9ClN4O4. The minimum Gasteiger partial charge on any atom is -0.360 e. The van der Waals surface area contributed by atoms with Crippen LogP contribution in [0.5, 0.6) is 0 Å². The van der Waals surface area contributed by atoms with E-state index >= 15 is 0 Å². The molecule has 2 aromatic rings. The van der Waals surface area contributed by atoms with Gasteiger partial charge in [0, 0.05) is 24.7 Å². The molecule has 0 saturated heterocycles. The number of nitrogens with one attached hydrogen (secondary N) is 1. The molecule has 0 radical (unpaired) electrons. The number of non-ortho nitro benzene ring substituents is 1. The number of anilines is 1. The molecule has 1 aromatic heterocycles. The van der Waals surface area contributed by atoms with Gasteiger partial charge < -0.3 is 5.32 Å².